The molecule has 3 heterocycles. The fraction of sp³-hybridized carbons (Fsp3) is 0.241. The van der Waals surface area contributed by atoms with Gasteiger partial charge in [0.2, 0.25) is 0 Å². The first-order valence-electron chi connectivity index (χ1n) is 12.1. The van der Waals surface area contributed by atoms with Crippen molar-refractivity contribution in [3.8, 4) is 5.75 Å². The second kappa shape index (κ2) is 8.16. The monoisotopic (exact) mass is 480 g/mol. The lowest BCUT2D eigenvalue weighted by Gasteiger charge is -2.44. The Labute approximate surface area is 208 Å². The van der Waals surface area contributed by atoms with Crippen LogP contribution in [0.5, 0.6) is 5.75 Å². The van der Waals surface area contributed by atoms with Gasteiger partial charge in [-0.3, -0.25) is 19.2 Å². The van der Waals surface area contributed by atoms with E-state index in [1.54, 1.807) is 53.4 Å². The van der Waals surface area contributed by atoms with Gasteiger partial charge in [-0.05, 0) is 55.5 Å². The maximum absolute atomic E-state index is 13.2. The Balaban J connectivity index is 1.14. The summed E-state index contributed by atoms with van der Waals surface area (Å²) in [7, 11) is 0. The summed E-state index contributed by atoms with van der Waals surface area (Å²) in [5.41, 5.74) is 2.75. The molecule has 0 unspecified atom stereocenters. The minimum Gasteiger partial charge on any atom is -0.486 e. The number of ketones is 1. The third kappa shape index (κ3) is 3.50. The highest BCUT2D eigenvalue weighted by atomic mass is 16.5. The van der Waals surface area contributed by atoms with Gasteiger partial charge in [0.1, 0.15) is 11.4 Å². The van der Waals surface area contributed by atoms with Crippen LogP contribution in [0.15, 0.2) is 66.7 Å². The zero-order valence-electron chi connectivity index (χ0n) is 19.8. The number of amides is 3. The quantitative estimate of drug-likeness (QED) is 0.507. The van der Waals surface area contributed by atoms with Crippen molar-refractivity contribution in [3.05, 3.63) is 94.5 Å². The van der Waals surface area contributed by atoms with E-state index < -0.39 is 5.60 Å². The third-order valence-electron chi connectivity index (χ3n) is 7.37. The molecule has 6 rings (SSSR count). The highest BCUT2D eigenvalue weighted by molar-refractivity contribution is 6.34. The summed E-state index contributed by atoms with van der Waals surface area (Å²) in [6.45, 7) is 2.91. The van der Waals surface area contributed by atoms with Gasteiger partial charge >= 0.3 is 0 Å². The van der Waals surface area contributed by atoms with Crippen molar-refractivity contribution in [1.29, 1.82) is 0 Å². The molecule has 1 saturated heterocycles. The Bertz CT molecular complexity index is 1400. The molecule has 7 heteroatoms. The van der Waals surface area contributed by atoms with Crippen LogP contribution in [-0.2, 0) is 0 Å². The molecule has 36 heavy (non-hydrogen) atoms. The summed E-state index contributed by atoms with van der Waals surface area (Å²) in [6.07, 6.45) is 1.47. The fourth-order valence-corrected chi connectivity index (χ4v) is 5.36. The maximum Gasteiger partial charge on any atom is 0.266 e. The Morgan fingerprint density at radius 2 is 1.47 bits per heavy atom. The van der Waals surface area contributed by atoms with E-state index in [0.29, 0.717) is 66.0 Å². The first kappa shape index (κ1) is 22.2. The van der Waals surface area contributed by atoms with Gasteiger partial charge in [-0.25, -0.2) is 4.90 Å². The predicted molar refractivity (Wildman–Crippen MR) is 133 cm³/mol. The Hall–Kier alpha value is -4.26. The van der Waals surface area contributed by atoms with E-state index >= 15 is 0 Å². The minimum absolute atomic E-state index is 0.0865. The highest BCUT2D eigenvalue weighted by Gasteiger charge is 2.44. The topological polar surface area (TPSA) is 84.0 Å². The molecule has 3 aliphatic rings. The third-order valence-corrected chi connectivity index (χ3v) is 7.37. The maximum atomic E-state index is 13.2. The zero-order chi connectivity index (χ0) is 25.0. The molecule has 3 aromatic rings. The van der Waals surface area contributed by atoms with Gasteiger partial charge in [-0.2, -0.15) is 0 Å². The van der Waals surface area contributed by atoms with Crippen LogP contribution in [0, 0.1) is 6.92 Å². The first-order chi connectivity index (χ1) is 17.3. The number of benzene rings is 3. The zero-order valence-corrected chi connectivity index (χ0v) is 19.8. The molecule has 3 aliphatic heterocycles. The number of anilines is 1. The standard InChI is InChI=1S/C29H24N2O5/c1-18-6-11-25-23(16-18)24(32)17-29(36-25)12-14-30(15-13-29)26(33)19-7-9-20(10-8-19)31-27(34)21-4-2-3-5-22(21)28(31)35/h2-11,16H,12-15,17H2,1H3. The largest absolute Gasteiger partial charge is 0.486 e. The molecule has 3 aromatic carbocycles. The van der Waals surface area contributed by atoms with Gasteiger partial charge in [0.25, 0.3) is 17.7 Å². The lowest BCUT2D eigenvalue weighted by Crippen LogP contribution is -2.52. The second-order valence-corrected chi connectivity index (χ2v) is 9.72. The van der Waals surface area contributed by atoms with E-state index in [1.807, 2.05) is 25.1 Å². The van der Waals surface area contributed by atoms with Crippen molar-refractivity contribution in [2.45, 2.75) is 31.8 Å². The Kier molecular flexibility index (Phi) is 5.03. The molecule has 7 nitrogen and oxygen atoms in total. The van der Waals surface area contributed by atoms with Crippen LogP contribution in [0.1, 0.15) is 66.3 Å². The van der Waals surface area contributed by atoms with Crippen molar-refractivity contribution in [3.63, 3.8) is 0 Å². The molecule has 180 valence electrons. The number of aryl methyl sites for hydroxylation is 1. The summed E-state index contributed by atoms with van der Waals surface area (Å²) in [6, 6.07) is 18.9. The fourth-order valence-electron chi connectivity index (χ4n) is 5.36. The number of rotatable bonds is 2. The van der Waals surface area contributed by atoms with Crippen LogP contribution in [0.4, 0.5) is 5.69 Å². The number of likely N-dealkylation sites (tertiary alicyclic amines) is 1. The molecule has 3 amide bonds. The van der Waals surface area contributed by atoms with Crippen LogP contribution in [0.2, 0.25) is 0 Å². The van der Waals surface area contributed by atoms with Gasteiger partial charge in [0, 0.05) is 31.5 Å². The van der Waals surface area contributed by atoms with E-state index in [9.17, 15) is 19.2 Å². The van der Waals surface area contributed by atoms with Crippen LogP contribution in [0.3, 0.4) is 0 Å². The smallest absolute Gasteiger partial charge is 0.266 e. The highest BCUT2D eigenvalue weighted by Crippen LogP contribution is 2.40. The summed E-state index contributed by atoms with van der Waals surface area (Å²) in [5.74, 6) is -0.148. The molecule has 0 N–H and O–H groups in total. The molecule has 0 radical (unpaired) electrons. The van der Waals surface area contributed by atoms with Crippen LogP contribution in [-0.4, -0.2) is 47.1 Å². The normalized spacial score (nSPS) is 18.2. The van der Waals surface area contributed by atoms with E-state index in [1.165, 1.54) is 0 Å². The summed E-state index contributed by atoms with van der Waals surface area (Å²) in [5, 5.41) is 0. The molecule has 0 aromatic heterocycles. The van der Waals surface area contributed by atoms with E-state index in [4.69, 9.17) is 4.74 Å². The SMILES string of the molecule is Cc1ccc2c(c1)C(=O)CC1(CCN(C(=O)c3ccc(N4C(=O)c5ccccc5C4=O)cc3)CC1)O2. The predicted octanol–water partition coefficient (Wildman–Crippen LogP) is 4.44. The Morgan fingerprint density at radius 3 is 2.11 bits per heavy atom. The summed E-state index contributed by atoms with van der Waals surface area (Å²) >= 11 is 0. The number of ether oxygens (including phenoxy) is 1. The van der Waals surface area contributed by atoms with Gasteiger partial charge in [0.15, 0.2) is 5.78 Å². The average Bonchev–Trinajstić information content (AvgIpc) is 3.15. The van der Waals surface area contributed by atoms with Crippen molar-refractivity contribution < 1.29 is 23.9 Å². The lowest BCUT2D eigenvalue weighted by molar-refractivity contribution is -0.00573. The lowest BCUT2D eigenvalue weighted by atomic mass is 9.82. The van der Waals surface area contributed by atoms with Crippen LogP contribution < -0.4 is 9.64 Å². The van der Waals surface area contributed by atoms with E-state index in [0.717, 1.165) is 10.5 Å². The number of carbonyl (C=O) groups is 4. The molecule has 0 bridgehead atoms. The average molecular weight is 481 g/mol. The van der Waals surface area contributed by atoms with Crippen molar-refractivity contribution in [1.82, 2.24) is 4.90 Å². The van der Waals surface area contributed by atoms with Crippen molar-refractivity contribution in [2.75, 3.05) is 18.0 Å². The molecular weight excluding hydrogens is 456 g/mol. The number of imide groups is 1. The number of hydrogen-bond acceptors (Lipinski definition) is 5. The number of carbonyl (C=O) groups excluding carboxylic acids is 4. The van der Waals surface area contributed by atoms with Gasteiger partial charge in [-0.1, -0.05) is 23.8 Å². The van der Waals surface area contributed by atoms with E-state index in [2.05, 4.69) is 0 Å². The molecule has 0 saturated carbocycles. The summed E-state index contributed by atoms with van der Waals surface area (Å²) < 4.78 is 6.31. The van der Waals surface area contributed by atoms with Gasteiger partial charge in [-0.15, -0.1) is 0 Å². The van der Waals surface area contributed by atoms with Gasteiger partial charge < -0.3 is 9.64 Å². The number of piperidine rings is 1. The number of hydrogen-bond donors (Lipinski definition) is 0. The number of nitrogens with zero attached hydrogens (tertiary/aromatic N) is 2. The van der Waals surface area contributed by atoms with Crippen molar-refractivity contribution >= 4 is 29.2 Å². The van der Waals surface area contributed by atoms with Crippen LogP contribution in [0.25, 0.3) is 0 Å². The number of fused-ring (bicyclic) bond motifs is 2. The minimum atomic E-state index is -0.578. The summed E-state index contributed by atoms with van der Waals surface area (Å²) in [4.78, 5) is 54.3. The second-order valence-electron chi connectivity index (χ2n) is 9.72. The van der Waals surface area contributed by atoms with Gasteiger partial charge in [0.05, 0.1) is 28.8 Å². The molecule has 1 fully saturated rings. The van der Waals surface area contributed by atoms with E-state index in [-0.39, 0.29) is 23.5 Å². The number of Topliss-reactive ketones (excluding diaryl/α,β-unsaturated/α-hetero) is 1. The molecule has 0 aliphatic carbocycles. The Morgan fingerprint density at radius 1 is 0.833 bits per heavy atom. The first-order valence-corrected chi connectivity index (χ1v) is 12.1. The molecule has 0 atom stereocenters. The molecular formula is C29H24N2O5. The van der Waals surface area contributed by atoms with Crippen molar-refractivity contribution in [2.24, 2.45) is 0 Å². The molecule has 1 spiro atoms. The van der Waals surface area contributed by atoms with Crippen LogP contribution >= 0.6 is 0 Å².